The van der Waals surface area contributed by atoms with Gasteiger partial charge < -0.3 is 5.32 Å². The number of amides is 1. The van der Waals surface area contributed by atoms with Crippen molar-refractivity contribution in [3.05, 3.63) is 65.7 Å². The van der Waals surface area contributed by atoms with Gasteiger partial charge in [0.1, 0.15) is 0 Å². The molecule has 8 heteroatoms. The van der Waals surface area contributed by atoms with E-state index in [1.807, 2.05) is 23.1 Å². The van der Waals surface area contributed by atoms with Crippen LogP contribution in [0.25, 0.3) is 0 Å². The number of nitrogens with zero attached hydrogens (tertiary/aromatic N) is 1. The number of sulfonamides is 1. The van der Waals surface area contributed by atoms with Gasteiger partial charge in [0.05, 0.1) is 12.0 Å². The topological polar surface area (TPSA) is 87.7 Å². The minimum Gasteiger partial charge on any atom is -0.348 e. The van der Waals surface area contributed by atoms with Crippen molar-refractivity contribution in [3.63, 3.8) is 0 Å². The summed E-state index contributed by atoms with van der Waals surface area (Å²) >= 11 is 0. The highest BCUT2D eigenvalue weighted by Crippen LogP contribution is 2.24. The summed E-state index contributed by atoms with van der Waals surface area (Å²) in [4.78, 5) is 21.3. The SMILES string of the molecule is CONS(=O)(=O)c1ccc(C(=O)NC2CCN(C(C)c3ccccc3)C2)cc1. The van der Waals surface area contributed by atoms with Crippen LogP contribution < -0.4 is 10.2 Å². The van der Waals surface area contributed by atoms with E-state index in [9.17, 15) is 13.2 Å². The normalized spacial score (nSPS) is 18.7. The average molecular weight is 404 g/mol. The first-order valence-corrected chi connectivity index (χ1v) is 10.6. The van der Waals surface area contributed by atoms with Crippen molar-refractivity contribution in [2.75, 3.05) is 20.2 Å². The van der Waals surface area contributed by atoms with Crippen LogP contribution in [0.1, 0.15) is 35.3 Å². The number of hydrogen-bond donors (Lipinski definition) is 2. The molecule has 1 saturated heterocycles. The molecule has 0 saturated carbocycles. The Labute approximate surface area is 165 Å². The molecule has 0 bridgehead atoms. The summed E-state index contributed by atoms with van der Waals surface area (Å²) in [5, 5.41) is 3.04. The minimum absolute atomic E-state index is 0.0367. The fourth-order valence-electron chi connectivity index (χ4n) is 3.41. The number of carbonyl (C=O) groups is 1. The van der Waals surface area contributed by atoms with Gasteiger partial charge in [-0.05, 0) is 43.2 Å². The molecule has 0 aromatic heterocycles. The third kappa shape index (κ3) is 4.77. The predicted octanol–water partition coefficient (Wildman–Crippen LogP) is 2.09. The Morgan fingerprint density at radius 3 is 2.46 bits per heavy atom. The largest absolute Gasteiger partial charge is 0.348 e. The lowest BCUT2D eigenvalue weighted by Gasteiger charge is -2.24. The first kappa shape index (κ1) is 20.5. The molecule has 2 atom stereocenters. The van der Waals surface area contributed by atoms with Gasteiger partial charge in [-0.15, -0.1) is 0 Å². The molecule has 2 aromatic carbocycles. The number of likely N-dealkylation sites (tertiary alicyclic amines) is 1. The van der Waals surface area contributed by atoms with E-state index < -0.39 is 10.0 Å². The molecule has 28 heavy (non-hydrogen) atoms. The summed E-state index contributed by atoms with van der Waals surface area (Å²) in [5.41, 5.74) is 1.68. The van der Waals surface area contributed by atoms with E-state index in [1.54, 1.807) is 0 Å². The number of hydrogen-bond acceptors (Lipinski definition) is 5. The fourth-order valence-corrected chi connectivity index (χ4v) is 4.22. The van der Waals surface area contributed by atoms with Crippen LogP contribution in [-0.2, 0) is 14.9 Å². The smallest absolute Gasteiger partial charge is 0.262 e. The Morgan fingerprint density at radius 1 is 1.14 bits per heavy atom. The number of nitrogens with one attached hydrogen (secondary N) is 2. The van der Waals surface area contributed by atoms with E-state index in [1.165, 1.54) is 36.9 Å². The monoisotopic (exact) mass is 403 g/mol. The number of rotatable bonds is 7. The van der Waals surface area contributed by atoms with Crippen LogP contribution in [0.5, 0.6) is 0 Å². The summed E-state index contributed by atoms with van der Waals surface area (Å²) in [6.07, 6.45) is 0.882. The first-order valence-electron chi connectivity index (χ1n) is 9.15. The molecular formula is C20H25N3O4S. The van der Waals surface area contributed by atoms with Crippen LogP contribution in [-0.4, -0.2) is 45.5 Å². The maximum atomic E-state index is 12.5. The zero-order valence-electron chi connectivity index (χ0n) is 16.0. The lowest BCUT2D eigenvalue weighted by Crippen LogP contribution is -2.37. The van der Waals surface area contributed by atoms with E-state index in [4.69, 9.17) is 0 Å². The van der Waals surface area contributed by atoms with Gasteiger partial charge in [-0.25, -0.2) is 8.42 Å². The molecular weight excluding hydrogens is 378 g/mol. The van der Waals surface area contributed by atoms with Gasteiger partial charge in [0.2, 0.25) is 0 Å². The number of benzene rings is 2. The fraction of sp³-hybridized carbons (Fsp3) is 0.350. The highest BCUT2D eigenvalue weighted by Gasteiger charge is 2.28. The lowest BCUT2D eigenvalue weighted by molar-refractivity contribution is 0.0936. The van der Waals surface area contributed by atoms with E-state index >= 15 is 0 Å². The third-order valence-electron chi connectivity index (χ3n) is 5.00. The van der Waals surface area contributed by atoms with Gasteiger partial charge in [0, 0.05) is 30.7 Å². The average Bonchev–Trinajstić information content (AvgIpc) is 3.16. The molecule has 1 amide bonds. The molecule has 1 heterocycles. The predicted molar refractivity (Wildman–Crippen MR) is 106 cm³/mol. The molecule has 2 unspecified atom stereocenters. The second kappa shape index (κ2) is 8.83. The van der Waals surface area contributed by atoms with Crippen molar-refractivity contribution >= 4 is 15.9 Å². The molecule has 0 aliphatic carbocycles. The highest BCUT2D eigenvalue weighted by atomic mass is 32.2. The second-order valence-electron chi connectivity index (χ2n) is 6.86. The minimum atomic E-state index is -3.73. The summed E-state index contributed by atoms with van der Waals surface area (Å²) in [6, 6.07) is 16.4. The first-order chi connectivity index (χ1) is 13.4. The molecule has 0 spiro atoms. The Bertz CT molecular complexity index is 901. The molecule has 3 rings (SSSR count). The van der Waals surface area contributed by atoms with Gasteiger partial charge in [0.25, 0.3) is 15.9 Å². The summed E-state index contributed by atoms with van der Waals surface area (Å²) in [6.45, 7) is 3.87. The van der Waals surface area contributed by atoms with Crippen molar-refractivity contribution < 1.29 is 18.0 Å². The van der Waals surface area contributed by atoms with Crippen molar-refractivity contribution in [3.8, 4) is 0 Å². The van der Waals surface area contributed by atoms with Crippen LogP contribution in [0, 0.1) is 0 Å². The molecule has 1 fully saturated rings. The van der Waals surface area contributed by atoms with Crippen molar-refractivity contribution in [2.45, 2.75) is 30.3 Å². The Balaban J connectivity index is 1.58. The van der Waals surface area contributed by atoms with Gasteiger partial charge in [0.15, 0.2) is 0 Å². The van der Waals surface area contributed by atoms with Gasteiger partial charge in [-0.1, -0.05) is 35.2 Å². The van der Waals surface area contributed by atoms with Crippen molar-refractivity contribution in [1.82, 2.24) is 15.1 Å². The standard InChI is InChI=1S/C20H25N3O4S/c1-15(16-6-4-3-5-7-16)23-13-12-18(14-23)21-20(24)17-8-10-19(11-9-17)28(25,26)22-27-2/h3-11,15,18,22H,12-14H2,1-2H3,(H,21,24). The summed E-state index contributed by atoms with van der Waals surface area (Å²) < 4.78 is 23.7. The van der Waals surface area contributed by atoms with Gasteiger partial charge in [-0.2, -0.15) is 0 Å². The quantitative estimate of drug-likeness (QED) is 0.691. The molecule has 7 nitrogen and oxygen atoms in total. The van der Waals surface area contributed by atoms with E-state index in [2.05, 4.69) is 34.1 Å². The van der Waals surface area contributed by atoms with Gasteiger partial charge >= 0.3 is 0 Å². The Hall–Kier alpha value is -2.26. The third-order valence-corrected chi connectivity index (χ3v) is 6.28. The van der Waals surface area contributed by atoms with E-state index in [-0.39, 0.29) is 16.8 Å². The molecule has 150 valence electrons. The molecule has 2 aromatic rings. The Kier molecular flexibility index (Phi) is 6.46. The maximum absolute atomic E-state index is 12.5. The van der Waals surface area contributed by atoms with Crippen LogP contribution in [0.15, 0.2) is 59.5 Å². The summed E-state index contributed by atoms with van der Waals surface area (Å²) in [7, 11) is -2.50. The van der Waals surface area contributed by atoms with Crippen molar-refractivity contribution in [2.24, 2.45) is 0 Å². The molecule has 0 radical (unpaired) electrons. The zero-order chi connectivity index (χ0) is 20.1. The maximum Gasteiger partial charge on any atom is 0.262 e. The zero-order valence-corrected chi connectivity index (χ0v) is 16.8. The van der Waals surface area contributed by atoms with E-state index in [0.717, 1.165) is 19.5 Å². The van der Waals surface area contributed by atoms with Crippen LogP contribution in [0.3, 0.4) is 0 Å². The lowest BCUT2D eigenvalue weighted by atomic mass is 10.1. The highest BCUT2D eigenvalue weighted by molar-refractivity contribution is 7.89. The van der Waals surface area contributed by atoms with E-state index in [0.29, 0.717) is 11.6 Å². The van der Waals surface area contributed by atoms with Crippen molar-refractivity contribution in [1.29, 1.82) is 0 Å². The molecule has 1 aliphatic heterocycles. The molecule has 2 N–H and O–H groups in total. The van der Waals surface area contributed by atoms with Crippen LogP contribution in [0.2, 0.25) is 0 Å². The Morgan fingerprint density at radius 2 is 1.82 bits per heavy atom. The second-order valence-corrected chi connectivity index (χ2v) is 8.50. The van der Waals surface area contributed by atoms with Crippen LogP contribution in [0.4, 0.5) is 0 Å². The van der Waals surface area contributed by atoms with Gasteiger partial charge in [-0.3, -0.25) is 14.5 Å². The van der Waals surface area contributed by atoms with Crippen LogP contribution >= 0.6 is 0 Å². The summed E-state index contributed by atoms with van der Waals surface area (Å²) in [5.74, 6) is -0.206. The number of carbonyl (C=O) groups excluding carboxylic acids is 1. The molecule has 1 aliphatic rings.